The molecule has 1 aliphatic heterocycles. The van der Waals surface area contributed by atoms with E-state index in [1.807, 2.05) is 40.4 Å². The van der Waals surface area contributed by atoms with E-state index in [0.29, 0.717) is 28.9 Å². The number of nitrogens with zero attached hydrogens (tertiary/aromatic N) is 3. The molecule has 1 aromatic carbocycles. The van der Waals surface area contributed by atoms with Gasteiger partial charge in [0.15, 0.2) is 4.96 Å². The van der Waals surface area contributed by atoms with Crippen molar-refractivity contribution in [1.82, 2.24) is 14.7 Å². The summed E-state index contributed by atoms with van der Waals surface area (Å²) >= 11 is 1.54. The number of anilines is 1. The topological polar surface area (TPSA) is 62.8 Å². The van der Waals surface area contributed by atoms with E-state index in [1.54, 1.807) is 0 Å². The van der Waals surface area contributed by atoms with Crippen molar-refractivity contribution in [3.05, 3.63) is 52.5 Å². The van der Waals surface area contributed by atoms with Gasteiger partial charge in [-0.15, -0.1) is 11.3 Å². The van der Waals surface area contributed by atoms with Crippen LogP contribution in [-0.4, -0.2) is 34.6 Å². The van der Waals surface area contributed by atoms with Crippen molar-refractivity contribution in [2.24, 2.45) is 0 Å². The summed E-state index contributed by atoms with van der Waals surface area (Å²) < 4.78 is 7.58. The minimum Gasteiger partial charge on any atom is -0.422 e. The van der Waals surface area contributed by atoms with E-state index in [1.165, 1.54) is 11.3 Å². The predicted octanol–water partition coefficient (Wildman–Crippen LogP) is 3.36. The van der Waals surface area contributed by atoms with E-state index in [4.69, 9.17) is 4.42 Å². The van der Waals surface area contributed by atoms with Crippen LogP contribution >= 0.6 is 11.3 Å². The van der Waals surface area contributed by atoms with Gasteiger partial charge in [0.2, 0.25) is 0 Å². The van der Waals surface area contributed by atoms with E-state index >= 15 is 0 Å². The number of thiazole rings is 1. The standard InChI is InChI=1S/C20H20N4O2S/c1-12-9-24(10-13(2)21-12)15-4-3-14-7-16(19(25)26-18(14)8-15)17-11-23-5-6-27-20(23)22-17/h3-8,11-13,21H,9-10H2,1-2H3/t12-,13+. The average molecular weight is 380 g/mol. The lowest BCUT2D eigenvalue weighted by atomic mass is 10.1. The van der Waals surface area contributed by atoms with Crippen molar-refractivity contribution in [3.8, 4) is 11.3 Å². The van der Waals surface area contributed by atoms with Gasteiger partial charge in [0.1, 0.15) is 5.58 Å². The fourth-order valence-electron chi connectivity index (χ4n) is 3.87. The molecule has 0 radical (unpaired) electrons. The van der Waals surface area contributed by atoms with Gasteiger partial charge in [-0.05, 0) is 32.0 Å². The normalized spacial score (nSPS) is 20.6. The Labute approximate surface area is 160 Å². The Bertz CT molecular complexity index is 1150. The fourth-order valence-corrected chi connectivity index (χ4v) is 4.57. The van der Waals surface area contributed by atoms with Gasteiger partial charge < -0.3 is 14.6 Å². The Balaban J connectivity index is 1.55. The van der Waals surface area contributed by atoms with Crippen LogP contribution in [0.1, 0.15) is 13.8 Å². The van der Waals surface area contributed by atoms with Crippen LogP contribution < -0.4 is 15.8 Å². The van der Waals surface area contributed by atoms with Crippen LogP contribution in [0.25, 0.3) is 27.2 Å². The lowest BCUT2D eigenvalue weighted by Crippen LogP contribution is -2.54. The second-order valence-electron chi connectivity index (χ2n) is 7.26. The lowest BCUT2D eigenvalue weighted by molar-refractivity contribution is 0.407. The summed E-state index contributed by atoms with van der Waals surface area (Å²) in [4.78, 5) is 20.3. The first-order valence-electron chi connectivity index (χ1n) is 9.08. The van der Waals surface area contributed by atoms with Crippen LogP contribution in [0.15, 0.2) is 51.3 Å². The van der Waals surface area contributed by atoms with Crippen LogP contribution in [0.4, 0.5) is 5.69 Å². The van der Waals surface area contributed by atoms with E-state index in [-0.39, 0.29) is 5.63 Å². The molecule has 138 valence electrons. The first-order valence-corrected chi connectivity index (χ1v) is 9.96. The van der Waals surface area contributed by atoms with Crippen LogP contribution in [0.5, 0.6) is 0 Å². The highest BCUT2D eigenvalue weighted by atomic mass is 32.1. The zero-order valence-electron chi connectivity index (χ0n) is 15.2. The fraction of sp³-hybridized carbons (Fsp3) is 0.300. The number of benzene rings is 1. The molecule has 0 aliphatic carbocycles. The largest absolute Gasteiger partial charge is 0.422 e. The Morgan fingerprint density at radius 2 is 2.04 bits per heavy atom. The first-order chi connectivity index (χ1) is 13.1. The third kappa shape index (κ3) is 2.93. The molecule has 1 fully saturated rings. The first kappa shape index (κ1) is 16.5. The van der Waals surface area contributed by atoms with Gasteiger partial charge in [-0.2, -0.15) is 0 Å². The quantitative estimate of drug-likeness (QED) is 0.540. The number of imidazole rings is 1. The van der Waals surface area contributed by atoms with Gasteiger partial charge in [0, 0.05) is 60.1 Å². The van der Waals surface area contributed by atoms with Gasteiger partial charge in [0.05, 0.1) is 11.3 Å². The summed E-state index contributed by atoms with van der Waals surface area (Å²) in [5.74, 6) is 0. The molecule has 4 heterocycles. The van der Waals surface area contributed by atoms with Gasteiger partial charge >= 0.3 is 5.63 Å². The maximum Gasteiger partial charge on any atom is 0.345 e. The summed E-state index contributed by atoms with van der Waals surface area (Å²) in [7, 11) is 0. The Kier molecular flexibility index (Phi) is 3.80. The highest BCUT2D eigenvalue weighted by Crippen LogP contribution is 2.26. The average Bonchev–Trinajstić information content (AvgIpc) is 3.21. The molecular formula is C20H20N4O2S. The number of fused-ring (bicyclic) bond motifs is 2. The van der Waals surface area contributed by atoms with Crippen molar-refractivity contribution in [3.63, 3.8) is 0 Å². The summed E-state index contributed by atoms with van der Waals surface area (Å²) in [6.45, 7) is 6.24. The van der Waals surface area contributed by atoms with Crippen LogP contribution in [-0.2, 0) is 0 Å². The summed E-state index contributed by atoms with van der Waals surface area (Å²) in [5, 5.41) is 6.41. The van der Waals surface area contributed by atoms with Crippen molar-refractivity contribution < 1.29 is 4.42 Å². The minimum absolute atomic E-state index is 0.354. The van der Waals surface area contributed by atoms with E-state index in [2.05, 4.69) is 35.1 Å². The third-order valence-corrected chi connectivity index (χ3v) is 5.78. The van der Waals surface area contributed by atoms with Crippen molar-refractivity contribution in [1.29, 1.82) is 0 Å². The molecule has 5 rings (SSSR count). The summed E-state index contributed by atoms with van der Waals surface area (Å²) in [5.41, 5.74) is 2.48. The third-order valence-electron chi connectivity index (χ3n) is 5.01. The molecule has 2 atom stereocenters. The lowest BCUT2D eigenvalue weighted by Gasteiger charge is -2.37. The molecule has 1 N–H and O–H groups in total. The SMILES string of the molecule is C[C@@H]1CN(c2ccc3cc(-c4cn5ccsc5n4)c(=O)oc3c2)C[C@H](C)N1. The highest BCUT2D eigenvalue weighted by molar-refractivity contribution is 7.15. The van der Waals surface area contributed by atoms with E-state index in [9.17, 15) is 4.79 Å². The molecule has 0 unspecified atom stereocenters. The van der Waals surface area contributed by atoms with Crippen molar-refractivity contribution in [2.75, 3.05) is 18.0 Å². The predicted molar refractivity (Wildman–Crippen MR) is 109 cm³/mol. The van der Waals surface area contributed by atoms with Crippen LogP contribution in [0.3, 0.4) is 0 Å². The zero-order valence-corrected chi connectivity index (χ0v) is 16.0. The van der Waals surface area contributed by atoms with Gasteiger partial charge in [-0.3, -0.25) is 4.40 Å². The Morgan fingerprint density at radius 1 is 1.22 bits per heavy atom. The molecular weight excluding hydrogens is 360 g/mol. The molecule has 1 saturated heterocycles. The van der Waals surface area contributed by atoms with E-state index < -0.39 is 0 Å². The molecule has 0 saturated carbocycles. The minimum atomic E-state index is -0.354. The second-order valence-corrected chi connectivity index (χ2v) is 8.14. The maximum atomic E-state index is 12.6. The molecule has 0 bridgehead atoms. The molecule has 4 aromatic rings. The highest BCUT2D eigenvalue weighted by Gasteiger charge is 2.21. The molecule has 27 heavy (non-hydrogen) atoms. The van der Waals surface area contributed by atoms with Gasteiger partial charge in [0.25, 0.3) is 0 Å². The van der Waals surface area contributed by atoms with Crippen molar-refractivity contribution in [2.45, 2.75) is 25.9 Å². The van der Waals surface area contributed by atoms with Crippen LogP contribution in [0, 0.1) is 0 Å². The maximum absolute atomic E-state index is 12.6. The number of aromatic nitrogens is 2. The number of rotatable bonds is 2. The number of hydrogen-bond acceptors (Lipinski definition) is 6. The van der Waals surface area contributed by atoms with Gasteiger partial charge in [-0.1, -0.05) is 0 Å². The molecule has 7 heteroatoms. The number of hydrogen-bond donors (Lipinski definition) is 1. The molecule has 6 nitrogen and oxygen atoms in total. The molecule has 3 aromatic heterocycles. The van der Waals surface area contributed by atoms with Gasteiger partial charge in [-0.25, -0.2) is 9.78 Å². The Hall–Kier alpha value is -2.64. The number of piperazine rings is 1. The summed E-state index contributed by atoms with van der Waals surface area (Å²) in [6, 6.07) is 8.81. The van der Waals surface area contributed by atoms with Crippen molar-refractivity contribution >= 4 is 33.0 Å². The smallest absolute Gasteiger partial charge is 0.345 e. The Morgan fingerprint density at radius 3 is 2.81 bits per heavy atom. The monoisotopic (exact) mass is 380 g/mol. The number of nitrogens with one attached hydrogen (secondary N) is 1. The van der Waals surface area contributed by atoms with E-state index in [0.717, 1.165) is 29.1 Å². The molecule has 1 aliphatic rings. The van der Waals surface area contributed by atoms with Crippen LogP contribution in [0.2, 0.25) is 0 Å². The zero-order chi connectivity index (χ0) is 18.5. The second kappa shape index (κ2) is 6.21. The summed E-state index contributed by atoms with van der Waals surface area (Å²) in [6.07, 6.45) is 3.79. The molecule has 0 amide bonds. The molecule has 0 spiro atoms.